The van der Waals surface area contributed by atoms with E-state index >= 15 is 0 Å². The average molecular weight is 409 g/mol. The summed E-state index contributed by atoms with van der Waals surface area (Å²) in [5.74, 6) is 0.380. The van der Waals surface area contributed by atoms with Crippen molar-refractivity contribution in [3.8, 4) is 5.75 Å². The number of dihydropyridines is 1. The second kappa shape index (κ2) is 7.12. The number of carbonyl (C=O) groups excluding carboxylic acids is 1. The third-order valence-corrected chi connectivity index (χ3v) is 6.60. The molecule has 144 valence electrons. The SMILES string of the molecule is CC1=NCC=C(c2cc(Cl)c(Cl)c3c2C2C(CCN(C(=O)CO)[C@H]2C)O3)C1. The smallest absolute Gasteiger partial charge is 0.248 e. The monoisotopic (exact) mass is 408 g/mol. The summed E-state index contributed by atoms with van der Waals surface area (Å²) in [6, 6.07) is 1.82. The van der Waals surface area contributed by atoms with Gasteiger partial charge in [-0.1, -0.05) is 29.3 Å². The van der Waals surface area contributed by atoms with E-state index in [4.69, 9.17) is 27.9 Å². The number of hydrogen-bond acceptors (Lipinski definition) is 4. The van der Waals surface area contributed by atoms with Crippen molar-refractivity contribution in [2.45, 2.75) is 44.8 Å². The lowest BCUT2D eigenvalue weighted by Crippen LogP contribution is -2.51. The van der Waals surface area contributed by atoms with Gasteiger partial charge in [-0.25, -0.2) is 0 Å². The van der Waals surface area contributed by atoms with Crippen LogP contribution in [0.1, 0.15) is 43.7 Å². The summed E-state index contributed by atoms with van der Waals surface area (Å²) >= 11 is 12.9. The Morgan fingerprint density at radius 2 is 2.22 bits per heavy atom. The number of hydrogen-bond donors (Lipinski definition) is 1. The van der Waals surface area contributed by atoms with Crippen LogP contribution in [0.4, 0.5) is 0 Å². The van der Waals surface area contributed by atoms with E-state index < -0.39 is 6.61 Å². The number of aliphatic imine (C=N–C) groups is 1. The van der Waals surface area contributed by atoms with Gasteiger partial charge in [-0.15, -0.1) is 0 Å². The molecule has 0 bridgehead atoms. The lowest BCUT2D eigenvalue weighted by molar-refractivity contribution is -0.139. The molecule has 0 radical (unpaired) electrons. The van der Waals surface area contributed by atoms with Crippen LogP contribution in [0.3, 0.4) is 0 Å². The number of amides is 1. The van der Waals surface area contributed by atoms with Crippen LogP contribution in [0.25, 0.3) is 5.57 Å². The minimum atomic E-state index is -0.482. The molecule has 0 aromatic heterocycles. The van der Waals surface area contributed by atoms with Crippen molar-refractivity contribution in [3.05, 3.63) is 33.3 Å². The molecule has 1 amide bonds. The number of piperidine rings is 1. The third-order valence-electron chi connectivity index (χ3n) is 5.83. The van der Waals surface area contributed by atoms with Gasteiger partial charge in [0.05, 0.1) is 11.6 Å². The Bertz CT molecular complexity index is 865. The van der Waals surface area contributed by atoms with Gasteiger partial charge in [-0.05, 0) is 31.1 Å². The first-order chi connectivity index (χ1) is 12.9. The number of aliphatic hydroxyl groups excluding tert-OH is 1. The maximum atomic E-state index is 12.2. The van der Waals surface area contributed by atoms with Gasteiger partial charge < -0.3 is 14.7 Å². The summed E-state index contributed by atoms with van der Waals surface area (Å²) < 4.78 is 6.24. The second-order valence-electron chi connectivity index (χ2n) is 7.40. The number of benzene rings is 1. The van der Waals surface area contributed by atoms with Crippen molar-refractivity contribution in [1.82, 2.24) is 4.90 Å². The van der Waals surface area contributed by atoms with Crippen molar-refractivity contribution in [3.63, 3.8) is 0 Å². The highest BCUT2D eigenvalue weighted by atomic mass is 35.5. The summed E-state index contributed by atoms with van der Waals surface area (Å²) in [7, 11) is 0. The number of fused-ring (bicyclic) bond motifs is 3. The van der Waals surface area contributed by atoms with E-state index in [2.05, 4.69) is 11.1 Å². The quantitative estimate of drug-likeness (QED) is 0.811. The molecule has 0 aliphatic carbocycles. The van der Waals surface area contributed by atoms with Crippen molar-refractivity contribution in [2.24, 2.45) is 4.99 Å². The molecule has 2 unspecified atom stereocenters. The third kappa shape index (κ3) is 3.06. The number of likely N-dealkylation sites (tertiary alicyclic amines) is 1. The fourth-order valence-electron chi connectivity index (χ4n) is 4.56. The lowest BCUT2D eigenvalue weighted by atomic mass is 9.79. The van der Waals surface area contributed by atoms with Crippen molar-refractivity contribution < 1.29 is 14.6 Å². The van der Waals surface area contributed by atoms with Gasteiger partial charge in [0.2, 0.25) is 5.91 Å². The van der Waals surface area contributed by atoms with Crippen molar-refractivity contribution in [1.29, 1.82) is 0 Å². The standard InChI is InChI=1S/C20H22Cl2N2O3/c1-10-7-12(3-5-23-10)13-8-14(21)19(22)20-18(13)17-11(2)24(16(26)9-25)6-4-15(17)27-20/h3,8,11,15,17,25H,4-7,9H2,1-2H3/t11-,15?,17?/m0/s1. The van der Waals surface area contributed by atoms with Crippen LogP contribution in [0.15, 0.2) is 17.1 Å². The molecule has 3 aliphatic rings. The molecule has 3 atom stereocenters. The van der Waals surface area contributed by atoms with E-state index in [1.54, 1.807) is 4.90 Å². The van der Waals surface area contributed by atoms with Gasteiger partial charge >= 0.3 is 0 Å². The molecule has 27 heavy (non-hydrogen) atoms. The number of aliphatic hydroxyl groups is 1. The number of halogens is 2. The highest BCUT2D eigenvalue weighted by Gasteiger charge is 2.47. The fraction of sp³-hybridized carbons (Fsp3) is 0.500. The molecular weight excluding hydrogens is 387 g/mol. The normalized spacial score (nSPS) is 26.7. The van der Waals surface area contributed by atoms with Gasteiger partial charge in [-0.2, -0.15) is 0 Å². The predicted molar refractivity (Wildman–Crippen MR) is 107 cm³/mol. The molecule has 3 aliphatic heterocycles. The summed E-state index contributed by atoms with van der Waals surface area (Å²) in [4.78, 5) is 18.4. The highest BCUT2D eigenvalue weighted by Crippen LogP contribution is 2.53. The lowest BCUT2D eigenvalue weighted by Gasteiger charge is -2.40. The summed E-state index contributed by atoms with van der Waals surface area (Å²) in [6.07, 6.45) is 3.52. The van der Waals surface area contributed by atoms with Crippen molar-refractivity contribution >= 4 is 40.4 Å². The first-order valence-corrected chi connectivity index (χ1v) is 9.96. The predicted octanol–water partition coefficient (Wildman–Crippen LogP) is 3.70. The Morgan fingerprint density at radius 3 is 2.93 bits per heavy atom. The number of carbonyl (C=O) groups is 1. The zero-order valence-corrected chi connectivity index (χ0v) is 16.8. The van der Waals surface area contributed by atoms with Gasteiger partial charge in [0.1, 0.15) is 23.5 Å². The van der Waals surface area contributed by atoms with E-state index in [1.807, 2.05) is 19.9 Å². The Kier molecular flexibility index (Phi) is 4.95. The number of nitrogens with zero attached hydrogens (tertiary/aromatic N) is 2. The Labute approximate surface area is 168 Å². The summed E-state index contributed by atoms with van der Waals surface area (Å²) in [6.45, 7) is 4.76. The van der Waals surface area contributed by atoms with Crippen LogP contribution in [-0.4, -0.2) is 53.5 Å². The van der Waals surface area contributed by atoms with Gasteiger partial charge in [0.15, 0.2) is 0 Å². The van der Waals surface area contributed by atoms with Crippen molar-refractivity contribution in [2.75, 3.05) is 19.7 Å². The molecule has 1 N–H and O–H groups in total. The molecule has 5 nitrogen and oxygen atoms in total. The molecule has 1 saturated heterocycles. The molecule has 1 aromatic carbocycles. The molecular formula is C20H22Cl2N2O3. The van der Waals surface area contributed by atoms with Crippen LogP contribution in [0.2, 0.25) is 10.0 Å². The molecule has 1 aromatic rings. The first-order valence-electron chi connectivity index (χ1n) is 9.20. The second-order valence-corrected chi connectivity index (χ2v) is 8.19. The van der Waals surface area contributed by atoms with E-state index in [9.17, 15) is 9.90 Å². The first kappa shape index (κ1) is 18.8. The number of allylic oxidation sites excluding steroid dienone is 1. The Morgan fingerprint density at radius 1 is 1.44 bits per heavy atom. The van der Waals surface area contributed by atoms with Gasteiger partial charge in [-0.3, -0.25) is 9.79 Å². The molecule has 0 saturated carbocycles. The minimum absolute atomic E-state index is 0.00547. The van der Waals surface area contributed by atoms with Crippen LogP contribution in [0, 0.1) is 0 Å². The minimum Gasteiger partial charge on any atom is -0.488 e. The van der Waals surface area contributed by atoms with E-state index in [-0.39, 0.29) is 24.0 Å². The Hall–Kier alpha value is -1.56. The fourth-order valence-corrected chi connectivity index (χ4v) is 4.95. The van der Waals surface area contributed by atoms with Crippen LogP contribution < -0.4 is 4.74 Å². The number of rotatable bonds is 2. The van der Waals surface area contributed by atoms with Crippen LogP contribution in [-0.2, 0) is 4.79 Å². The maximum Gasteiger partial charge on any atom is 0.248 e. The molecule has 4 rings (SSSR count). The van der Waals surface area contributed by atoms with Crippen LogP contribution in [0.5, 0.6) is 5.75 Å². The van der Waals surface area contributed by atoms with Gasteiger partial charge in [0, 0.05) is 42.6 Å². The highest BCUT2D eigenvalue weighted by molar-refractivity contribution is 6.43. The Balaban J connectivity index is 1.82. The molecule has 0 spiro atoms. The maximum absolute atomic E-state index is 12.2. The van der Waals surface area contributed by atoms with E-state index in [0.717, 1.165) is 23.3 Å². The zero-order valence-electron chi connectivity index (χ0n) is 15.3. The molecule has 7 heteroatoms. The topological polar surface area (TPSA) is 62.1 Å². The van der Waals surface area contributed by atoms with Crippen LogP contribution >= 0.6 is 23.2 Å². The molecule has 1 fully saturated rings. The van der Waals surface area contributed by atoms with E-state index in [0.29, 0.717) is 35.3 Å². The number of ether oxygens (including phenoxy) is 1. The largest absolute Gasteiger partial charge is 0.488 e. The van der Waals surface area contributed by atoms with E-state index in [1.165, 1.54) is 5.57 Å². The summed E-state index contributed by atoms with van der Waals surface area (Å²) in [5.41, 5.74) is 4.31. The zero-order chi connectivity index (χ0) is 19.3. The van der Waals surface area contributed by atoms with Gasteiger partial charge in [0.25, 0.3) is 0 Å². The summed E-state index contributed by atoms with van der Waals surface area (Å²) in [5, 5.41) is 10.2. The average Bonchev–Trinajstić information content (AvgIpc) is 3.05. The molecule has 3 heterocycles.